The minimum absolute atomic E-state index is 0.887. The van der Waals surface area contributed by atoms with Crippen molar-refractivity contribution in [3.63, 3.8) is 0 Å². The van der Waals surface area contributed by atoms with Crippen LogP contribution >= 0.6 is 0 Å². The Bertz CT molecular complexity index is 3780. The number of pyridine rings is 1. The normalized spacial score (nSPS) is 14.1. The first-order valence-corrected chi connectivity index (χ1v) is 24.9. The van der Waals surface area contributed by atoms with E-state index in [2.05, 4.69) is 247 Å². The molecule has 314 valence electrons. The summed E-state index contributed by atoms with van der Waals surface area (Å²) in [6.45, 7) is 0. The Labute approximate surface area is 390 Å². The van der Waals surface area contributed by atoms with Gasteiger partial charge in [-0.25, -0.2) is 0 Å². The topological polar surface area (TPSA) is 27.1 Å². The van der Waals surface area contributed by atoms with Crippen LogP contribution in [0, 0.1) is 0 Å². The van der Waals surface area contributed by atoms with Gasteiger partial charge in [-0.2, -0.15) is 0 Å². The molecule has 10 aromatic carbocycles. The number of benzene rings is 10. The molecule has 12 aromatic rings. The fourth-order valence-corrected chi connectivity index (χ4v) is 15.7. The largest absolute Gasteiger partial charge is 0.458 e. The first-order chi connectivity index (χ1) is 33.2. The average Bonchev–Trinajstić information content (AvgIpc) is 3.75. The van der Waals surface area contributed by atoms with E-state index in [-0.39, 0.29) is 0 Å². The summed E-state index contributed by atoms with van der Waals surface area (Å²) >= 11 is 0. The van der Waals surface area contributed by atoms with Crippen LogP contribution in [0.5, 0.6) is 11.5 Å². The summed E-state index contributed by atoms with van der Waals surface area (Å²) in [6.07, 6.45) is 1.93. The number of nitrogens with zero attached hydrogens (tertiary/aromatic N) is 2. The number of rotatable bonds is 7. The minimum atomic E-state index is -3.08. The lowest BCUT2D eigenvalue weighted by Gasteiger charge is -2.40. The van der Waals surface area contributed by atoms with Crippen molar-refractivity contribution in [1.82, 2.24) is 9.55 Å². The molecule has 13 rings (SSSR count). The van der Waals surface area contributed by atoms with Crippen molar-refractivity contribution in [3.8, 4) is 61.7 Å². The molecule has 1 aliphatic rings. The lowest BCUT2D eigenvalue weighted by molar-refractivity contribution is 0.487. The van der Waals surface area contributed by atoms with Crippen LogP contribution in [0.4, 0.5) is 0 Å². The van der Waals surface area contributed by atoms with E-state index in [4.69, 9.17) is 9.72 Å². The van der Waals surface area contributed by atoms with Crippen molar-refractivity contribution in [3.05, 3.63) is 255 Å². The van der Waals surface area contributed by atoms with Crippen molar-refractivity contribution in [2.75, 3.05) is 0 Å². The number of hydrogen-bond donors (Lipinski definition) is 0. The van der Waals surface area contributed by atoms with Crippen molar-refractivity contribution < 1.29 is 4.74 Å². The molecule has 0 N–H and O–H groups in total. The third-order valence-corrected chi connectivity index (χ3v) is 18.6. The molecule has 0 saturated carbocycles. The summed E-state index contributed by atoms with van der Waals surface area (Å²) in [5.74, 6) is 1.78. The fraction of sp³-hybridized carbons (Fsp3) is 0. The molecule has 3 nitrogen and oxygen atoms in total. The summed E-state index contributed by atoms with van der Waals surface area (Å²) in [7, 11) is -3.08. The Balaban J connectivity index is 0.938. The van der Waals surface area contributed by atoms with Gasteiger partial charge in [0.1, 0.15) is 11.5 Å². The van der Waals surface area contributed by atoms with Gasteiger partial charge in [0, 0.05) is 28.0 Å². The maximum absolute atomic E-state index is 7.01. The highest BCUT2D eigenvalue weighted by molar-refractivity contribution is 7.21. The molecule has 1 atom stereocenters. The van der Waals surface area contributed by atoms with Crippen LogP contribution in [0.1, 0.15) is 0 Å². The molecule has 4 heteroatoms. The van der Waals surface area contributed by atoms with E-state index in [1.807, 2.05) is 12.3 Å². The molecule has 0 amide bonds. The van der Waals surface area contributed by atoms with Gasteiger partial charge in [-0.1, -0.05) is 200 Å². The highest BCUT2D eigenvalue weighted by Crippen LogP contribution is 2.37. The van der Waals surface area contributed by atoms with E-state index >= 15 is 0 Å². The molecule has 3 heterocycles. The molecule has 0 radical (unpaired) electrons. The van der Waals surface area contributed by atoms with Crippen LogP contribution in [-0.2, 0) is 0 Å². The smallest absolute Gasteiger partial charge is 0.190 e. The van der Waals surface area contributed by atoms with E-state index in [1.54, 1.807) is 0 Å². The summed E-state index contributed by atoms with van der Waals surface area (Å²) in [6, 6.07) is 90.5. The van der Waals surface area contributed by atoms with Gasteiger partial charge in [-0.3, -0.25) is 4.98 Å². The number of aromatic nitrogens is 2. The number of para-hydroxylation sites is 4. The highest BCUT2D eigenvalue weighted by atomic mass is 28.3. The maximum atomic E-state index is 7.01. The lowest BCUT2D eigenvalue weighted by atomic mass is 9.97. The second-order valence-corrected chi connectivity index (χ2v) is 21.2. The van der Waals surface area contributed by atoms with E-state index in [0.717, 1.165) is 44.8 Å². The minimum Gasteiger partial charge on any atom is -0.458 e. The second kappa shape index (κ2) is 15.8. The number of hydrogen-bond acceptors (Lipinski definition) is 2. The third-order valence-electron chi connectivity index (χ3n) is 13.8. The van der Waals surface area contributed by atoms with E-state index < -0.39 is 8.07 Å². The highest BCUT2D eigenvalue weighted by Gasteiger charge is 2.49. The zero-order valence-electron chi connectivity index (χ0n) is 36.6. The summed E-state index contributed by atoms with van der Waals surface area (Å²) < 4.78 is 9.40. The van der Waals surface area contributed by atoms with E-state index in [1.165, 1.54) is 70.4 Å². The maximum Gasteiger partial charge on any atom is 0.190 e. The molecule has 67 heavy (non-hydrogen) atoms. The molecule has 1 unspecified atom stereocenters. The molecule has 0 bridgehead atoms. The molecule has 0 aliphatic carbocycles. The van der Waals surface area contributed by atoms with Crippen LogP contribution < -0.4 is 25.5 Å². The summed E-state index contributed by atoms with van der Waals surface area (Å²) in [4.78, 5) is 5.13. The molecular weight excluding hydrogens is 829 g/mol. The Morgan fingerprint density at radius 2 is 0.851 bits per heavy atom. The van der Waals surface area contributed by atoms with Crippen molar-refractivity contribution in [2.24, 2.45) is 0 Å². The predicted molar refractivity (Wildman–Crippen MR) is 282 cm³/mol. The summed E-state index contributed by atoms with van der Waals surface area (Å²) in [5, 5.41) is 8.60. The first-order valence-electron chi connectivity index (χ1n) is 22.9. The fourth-order valence-electron chi connectivity index (χ4n) is 10.7. The van der Waals surface area contributed by atoms with Gasteiger partial charge in [0.15, 0.2) is 8.07 Å². The van der Waals surface area contributed by atoms with Crippen LogP contribution in [0.15, 0.2) is 255 Å². The lowest BCUT2D eigenvalue weighted by Crippen LogP contribution is -2.76. The molecular formula is C63H42N2OSi. The van der Waals surface area contributed by atoms with Gasteiger partial charge in [0.25, 0.3) is 0 Å². The second-order valence-electron chi connectivity index (χ2n) is 17.5. The van der Waals surface area contributed by atoms with Crippen LogP contribution in [0.25, 0.3) is 82.9 Å². The number of ether oxygens (including phenoxy) is 1. The van der Waals surface area contributed by atoms with Crippen LogP contribution in [0.3, 0.4) is 0 Å². The van der Waals surface area contributed by atoms with Gasteiger partial charge in [0.05, 0.1) is 16.6 Å². The molecule has 1 aliphatic heterocycles. The molecule has 0 spiro atoms. The predicted octanol–water partition coefficient (Wildman–Crippen LogP) is 13.5. The van der Waals surface area contributed by atoms with Crippen LogP contribution in [0.2, 0.25) is 0 Å². The SMILES string of the molecule is c1ccc(-c2cccc(-c3ccc(-c4ccc5c(c4)Oc4ccccc4[Si]5(c4ccc(-c5cccc(-n6c7ccccc7c7ccccc76)c5)cc4)c4cccc5cccnc45)cc3)c2)cc1. The third kappa shape index (κ3) is 6.37. The quantitative estimate of drug-likeness (QED) is 0.149. The van der Waals surface area contributed by atoms with E-state index in [0.29, 0.717) is 0 Å². The Morgan fingerprint density at radius 1 is 0.343 bits per heavy atom. The average molecular weight is 871 g/mol. The summed E-state index contributed by atoms with van der Waals surface area (Å²) in [5.41, 5.74) is 14.0. The number of fused-ring (bicyclic) bond motifs is 6. The van der Waals surface area contributed by atoms with E-state index in [9.17, 15) is 0 Å². The molecule has 0 saturated heterocycles. The van der Waals surface area contributed by atoms with Gasteiger partial charge in [-0.15, -0.1) is 0 Å². The first kappa shape index (κ1) is 38.8. The Kier molecular flexibility index (Phi) is 9.19. The Morgan fingerprint density at radius 3 is 1.58 bits per heavy atom. The van der Waals surface area contributed by atoms with Crippen molar-refractivity contribution in [2.45, 2.75) is 0 Å². The van der Waals surface area contributed by atoms with Crippen molar-refractivity contribution >= 4 is 61.5 Å². The van der Waals surface area contributed by atoms with Gasteiger partial charge in [-0.05, 0) is 114 Å². The Hall–Kier alpha value is -8.57. The zero-order valence-corrected chi connectivity index (χ0v) is 37.6. The van der Waals surface area contributed by atoms with Crippen LogP contribution in [-0.4, -0.2) is 17.6 Å². The van der Waals surface area contributed by atoms with Crippen molar-refractivity contribution in [1.29, 1.82) is 0 Å². The zero-order chi connectivity index (χ0) is 44.3. The standard InChI is InChI=1S/C63H42N2OSi/c1-2-14-43(15-3-1)48-17-10-18-49(40-48)44-29-31-45(32-30-44)51-35-38-61-59(42-51)66-58-26-8-9-27-60(58)67(61,62-28-12-16-47-20-13-39-64-63(47)62)53-36-33-46(34-37-53)50-19-11-21-52(41-50)65-56-24-6-4-22-54(56)55-23-5-7-25-57(55)65/h1-42H. The molecule has 0 fully saturated rings. The monoisotopic (exact) mass is 870 g/mol. The molecule has 2 aromatic heterocycles. The van der Waals surface area contributed by atoms with Gasteiger partial charge >= 0.3 is 0 Å². The van der Waals surface area contributed by atoms with Gasteiger partial charge < -0.3 is 9.30 Å². The van der Waals surface area contributed by atoms with Gasteiger partial charge in [0.2, 0.25) is 0 Å².